The van der Waals surface area contributed by atoms with Gasteiger partial charge in [0.1, 0.15) is 5.69 Å². The van der Waals surface area contributed by atoms with Crippen LogP contribution in [0.4, 0.5) is 0 Å². The van der Waals surface area contributed by atoms with Crippen molar-refractivity contribution in [1.29, 1.82) is 0 Å². The van der Waals surface area contributed by atoms with Crippen molar-refractivity contribution in [2.75, 3.05) is 26.2 Å². The van der Waals surface area contributed by atoms with Gasteiger partial charge in [0.25, 0.3) is 11.8 Å². The lowest BCUT2D eigenvalue weighted by atomic mass is 10.1. The van der Waals surface area contributed by atoms with Crippen LogP contribution in [-0.2, 0) is 0 Å². The summed E-state index contributed by atoms with van der Waals surface area (Å²) in [6.07, 6.45) is 8.40. The average Bonchev–Trinajstić information content (AvgIpc) is 3.16. The zero-order valence-corrected chi connectivity index (χ0v) is 16.6. The number of carbonyl (C=O) groups excluding carboxylic acids is 2. The number of benzene rings is 1. The van der Waals surface area contributed by atoms with E-state index in [-0.39, 0.29) is 11.8 Å². The first-order chi connectivity index (χ1) is 14.2. The molecule has 2 amide bonds. The minimum atomic E-state index is 0.00139. The summed E-state index contributed by atoms with van der Waals surface area (Å²) in [6.45, 7) is 3.29. The smallest absolute Gasteiger partial charge is 0.272 e. The van der Waals surface area contributed by atoms with Crippen LogP contribution in [0.2, 0.25) is 0 Å². The van der Waals surface area contributed by atoms with Gasteiger partial charge in [0.2, 0.25) is 0 Å². The van der Waals surface area contributed by atoms with Gasteiger partial charge in [-0.2, -0.15) is 0 Å². The Kier molecular flexibility index (Phi) is 4.70. The van der Waals surface area contributed by atoms with Crippen molar-refractivity contribution in [3.8, 4) is 0 Å². The van der Waals surface area contributed by atoms with Crippen LogP contribution >= 0.6 is 0 Å². The van der Waals surface area contributed by atoms with Gasteiger partial charge in [-0.15, -0.1) is 0 Å². The van der Waals surface area contributed by atoms with Crippen LogP contribution in [0, 0.1) is 0 Å². The van der Waals surface area contributed by atoms with Gasteiger partial charge in [-0.05, 0) is 62.8 Å². The van der Waals surface area contributed by atoms with Crippen molar-refractivity contribution >= 4 is 33.6 Å². The molecule has 2 saturated heterocycles. The Labute approximate surface area is 169 Å². The van der Waals surface area contributed by atoms with Gasteiger partial charge < -0.3 is 14.8 Å². The van der Waals surface area contributed by atoms with E-state index in [0.29, 0.717) is 11.3 Å². The molecular formula is C23H26N4O2. The number of fused-ring (bicyclic) bond motifs is 3. The quantitative estimate of drug-likeness (QED) is 0.720. The van der Waals surface area contributed by atoms with Crippen molar-refractivity contribution in [1.82, 2.24) is 19.8 Å². The number of H-pyrrole nitrogens is 1. The summed E-state index contributed by atoms with van der Waals surface area (Å²) in [7, 11) is 0. The van der Waals surface area contributed by atoms with Crippen LogP contribution in [-0.4, -0.2) is 57.8 Å². The topological polar surface area (TPSA) is 69.3 Å². The molecule has 3 aromatic rings. The number of nitrogens with one attached hydrogen (secondary N) is 1. The fourth-order valence-corrected chi connectivity index (χ4v) is 4.59. The second-order valence-electron chi connectivity index (χ2n) is 8.21. The molecule has 1 aromatic carbocycles. The summed E-state index contributed by atoms with van der Waals surface area (Å²) in [5.41, 5.74) is 3.03. The number of nitrogens with zero attached hydrogens (tertiary/aromatic N) is 3. The van der Waals surface area contributed by atoms with Crippen molar-refractivity contribution in [2.24, 2.45) is 0 Å². The second kappa shape index (κ2) is 7.50. The minimum Gasteiger partial charge on any atom is -0.353 e. The number of pyridine rings is 1. The van der Waals surface area contributed by atoms with Crippen molar-refractivity contribution in [2.45, 2.75) is 38.5 Å². The standard InChI is InChI=1S/C23H26N4O2/c28-22(26-9-3-1-4-10-26)16-7-8-19-17(13-16)18-14-20(24-15-21(18)25-19)23(29)27-11-5-2-6-12-27/h7-8,13-15,25H,1-6,9-12H2. The molecule has 6 heteroatoms. The molecule has 0 aliphatic carbocycles. The van der Waals surface area contributed by atoms with E-state index in [9.17, 15) is 9.59 Å². The molecule has 0 saturated carbocycles. The molecule has 2 aliphatic rings. The van der Waals surface area contributed by atoms with E-state index >= 15 is 0 Å². The molecule has 2 aromatic heterocycles. The van der Waals surface area contributed by atoms with Crippen LogP contribution in [0.1, 0.15) is 59.4 Å². The van der Waals surface area contributed by atoms with E-state index in [1.54, 1.807) is 6.20 Å². The maximum absolute atomic E-state index is 12.9. The van der Waals surface area contributed by atoms with Crippen molar-refractivity contribution in [3.05, 3.63) is 41.7 Å². The predicted octanol–water partition coefficient (Wildman–Crippen LogP) is 3.97. The first-order valence-corrected chi connectivity index (χ1v) is 10.7. The molecule has 2 aliphatic heterocycles. The van der Waals surface area contributed by atoms with E-state index in [1.807, 2.05) is 34.1 Å². The SMILES string of the molecule is O=C(c1ccc2[nH]c3cnc(C(=O)N4CCCCC4)cc3c2c1)N1CCCCC1. The Balaban J connectivity index is 1.51. The fraction of sp³-hybridized carbons (Fsp3) is 0.435. The number of hydrogen-bond donors (Lipinski definition) is 1. The highest BCUT2D eigenvalue weighted by Crippen LogP contribution is 2.28. The lowest BCUT2D eigenvalue weighted by Gasteiger charge is -2.26. The number of aromatic nitrogens is 2. The van der Waals surface area contributed by atoms with Gasteiger partial charge in [-0.3, -0.25) is 9.59 Å². The van der Waals surface area contributed by atoms with Gasteiger partial charge >= 0.3 is 0 Å². The Morgan fingerprint density at radius 2 is 1.38 bits per heavy atom. The summed E-state index contributed by atoms with van der Waals surface area (Å²) < 4.78 is 0. The summed E-state index contributed by atoms with van der Waals surface area (Å²) in [5, 5.41) is 1.92. The van der Waals surface area contributed by atoms with E-state index in [4.69, 9.17) is 0 Å². The number of aromatic amines is 1. The molecular weight excluding hydrogens is 364 g/mol. The Morgan fingerprint density at radius 3 is 2.07 bits per heavy atom. The van der Waals surface area contributed by atoms with Crippen LogP contribution in [0.5, 0.6) is 0 Å². The predicted molar refractivity (Wildman–Crippen MR) is 113 cm³/mol. The van der Waals surface area contributed by atoms with Gasteiger partial charge in [0, 0.05) is 48.0 Å². The minimum absolute atomic E-state index is 0.00139. The molecule has 6 nitrogen and oxygen atoms in total. The van der Waals surface area contributed by atoms with Gasteiger partial charge in [-0.25, -0.2) is 4.98 Å². The third-order valence-electron chi connectivity index (χ3n) is 6.24. The number of amides is 2. The molecule has 0 spiro atoms. The molecule has 0 radical (unpaired) electrons. The maximum Gasteiger partial charge on any atom is 0.272 e. The molecule has 0 bridgehead atoms. The summed E-state index contributed by atoms with van der Waals surface area (Å²) in [6, 6.07) is 7.68. The highest BCUT2D eigenvalue weighted by molar-refractivity contribution is 6.11. The number of carbonyl (C=O) groups is 2. The summed E-state index contributed by atoms with van der Waals surface area (Å²) >= 11 is 0. The molecule has 4 heterocycles. The highest BCUT2D eigenvalue weighted by atomic mass is 16.2. The first kappa shape index (κ1) is 18.2. The number of piperidine rings is 2. The van der Waals surface area contributed by atoms with Gasteiger partial charge in [0.05, 0.1) is 11.7 Å². The number of likely N-dealkylation sites (tertiary alicyclic amines) is 2. The van der Waals surface area contributed by atoms with Crippen LogP contribution in [0.25, 0.3) is 21.8 Å². The number of hydrogen-bond acceptors (Lipinski definition) is 3. The van der Waals surface area contributed by atoms with Crippen LogP contribution < -0.4 is 0 Å². The Bertz CT molecular complexity index is 991. The maximum atomic E-state index is 12.9. The molecule has 5 rings (SSSR count). The lowest BCUT2D eigenvalue weighted by molar-refractivity contribution is 0.0713. The summed E-state index contributed by atoms with van der Waals surface area (Å²) in [5.74, 6) is 0.0983. The zero-order valence-electron chi connectivity index (χ0n) is 16.6. The molecule has 1 N–H and O–H groups in total. The largest absolute Gasteiger partial charge is 0.353 e. The van der Waals surface area contributed by atoms with E-state index in [1.165, 1.54) is 12.8 Å². The first-order valence-electron chi connectivity index (χ1n) is 10.7. The molecule has 2 fully saturated rings. The van der Waals surface area contributed by atoms with Gasteiger partial charge in [-0.1, -0.05) is 0 Å². The van der Waals surface area contributed by atoms with Crippen LogP contribution in [0.15, 0.2) is 30.5 Å². The monoisotopic (exact) mass is 390 g/mol. The molecule has 0 unspecified atom stereocenters. The molecule has 29 heavy (non-hydrogen) atoms. The zero-order chi connectivity index (χ0) is 19.8. The lowest BCUT2D eigenvalue weighted by Crippen LogP contribution is -2.36. The fourth-order valence-electron chi connectivity index (χ4n) is 4.59. The molecule has 150 valence electrons. The van der Waals surface area contributed by atoms with E-state index in [0.717, 1.165) is 73.7 Å². The number of rotatable bonds is 2. The van der Waals surface area contributed by atoms with Crippen molar-refractivity contribution < 1.29 is 9.59 Å². The van der Waals surface area contributed by atoms with E-state index in [2.05, 4.69) is 9.97 Å². The van der Waals surface area contributed by atoms with Crippen molar-refractivity contribution in [3.63, 3.8) is 0 Å². The highest BCUT2D eigenvalue weighted by Gasteiger charge is 2.21. The summed E-state index contributed by atoms with van der Waals surface area (Å²) in [4.78, 5) is 37.4. The van der Waals surface area contributed by atoms with Gasteiger partial charge in [0.15, 0.2) is 0 Å². The van der Waals surface area contributed by atoms with Crippen LogP contribution in [0.3, 0.4) is 0 Å². The third kappa shape index (κ3) is 3.37. The Hall–Kier alpha value is -2.89. The molecule has 0 atom stereocenters. The van der Waals surface area contributed by atoms with E-state index < -0.39 is 0 Å². The average molecular weight is 390 g/mol. The third-order valence-corrected chi connectivity index (χ3v) is 6.24. The second-order valence-corrected chi connectivity index (χ2v) is 8.21. The normalized spacial score (nSPS) is 17.8. The Morgan fingerprint density at radius 1 is 0.759 bits per heavy atom.